The van der Waals surface area contributed by atoms with Gasteiger partial charge in [0.05, 0.1) is 46.2 Å². The molecule has 35 heteroatoms. The third-order valence-corrected chi connectivity index (χ3v) is 14.8. The summed E-state index contributed by atoms with van der Waals surface area (Å²) in [6.07, 6.45) is -70.2. The Morgan fingerprint density at radius 1 is 0.156 bits per heavy atom. The molecule has 0 aromatic rings. The molecular formula is C42H70O35. The van der Waals surface area contributed by atoms with Gasteiger partial charge in [0.25, 0.3) is 0 Å². The zero-order valence-electron chi connectivity index (χ0n) is 40.3. The highest BCUT2D eigenvalue weighted by atomic mass is 16.8. The maximum absolute atomic E-state index is 11.3. The zero-order chi connectivity index (χ0) is 56.1. The predicted molar refractivity (Wildman–Crippen MR) is 228 cm³/mol. The van der Waals surface area contributed by atoms with E-state index in [1.54, 1.807) is 0 Å². The molecular weight excluding hydrogens is 1060 g/mol. The summed E-state index contributed by atoms with van der Waals surface area (Å²) < 4.78 is 79.5. The summed E-state index contributed by atoms with van der Waals surface area (Å²) in [6.45, 7) is -7.33. The summed E-state index contributed by atoms with van der Waals surface area (Å²) in [5, 5.41) is 230. The van der Waals surface area contributed by atoms with E-state index in [9.17, 15) is 107 Å². The molecule has 21 heterocycles. The Hall–Kier alpha value is -1.40. The van der Waals surface area contributed by atoms with E-state index in [0.717, 1.165) is 0 Å². The average molecular weight is 1130 g/mol. The van der Waals surface area contributed by atoms with Crippen LogP contribution in [0.3, 0.4) is 0 Å². The molecule has 21 N–H and O–H groups in total. The molecule has 14 bridgehead atoms. The van der Waals surface area contributed by atoms with E-state index in [1.807, 2.05) is 0 Å². The molecule has 21 aliphatic rings. The van der Waals surface area contributed by atoms with Gasteiger partial charge in [-0.1, -0.05) is 0 Å². The van der Waals surface area contributed by atoms with Crippen molar-refractivity contribution >= 4 is 0 Å². The number of hydrogen-bond donors (Lipinski definition) is 21. The molecule has 0 spiro atoms. The first-order valence-corrected chi connectivity index (χ1v) is 24.6. The second kappa shape index (κ2) is 26.0. The molecule has 21 saturated heterocycles. The van der Waals surface area contributed by atoms with Crippen molar-refractivity contribution in [3.8, 4) is 0 Å². The van der Waals surface area contributed by atoms with Crippen molar-refractivity contribution in [2.45, 2.75) is 215 Å². The van der Waals surface area contributed by atoms with Crippen molar-refractivity contribution in [1.82, 2.24) is 0 Å². The average Bonchev–Trinajstić information content (AvgIpc) is 3.45. The fraction of sp³-hybridized carbons (Fsp3) is 1.00. The van der Waals surface area contributed by atoms with Crippen molar-refractivity contribution in [1.29, 1.82) is 0 Å². The van der Waals surface area contributed by atoms with Crippen LogP contribution in [0.1, 0.15) is 0 Å². The molecule has 0 saturated carbocycles. The lowest BCUT2D eigenvalue weighted by atomic mass is 9.95. The SMILES string of the molecule is OC[C@H]1OC2O[C@H]3[C@H](O)[C@@H](O)C(O[C@H]4[C@H](O)C(O)C(O[C@H]5[C@H](O)[C@@H](O)C(O[C@H]6[C@H](O)[C@@H](O)C(O[C@H]7[C@H](O)[C@@H](O)C(O[C@H]8[C@H](O)[C@@H](O)C(OC1[C@H](O)[C@H]2O)O[C@@H]8CO)O[C@@H]7CO)O[C@@H]6CO)O[C@@H]5CO)O[C@@H]4CO)O[C@@H]3CO. The molecule has 9 unspecified atom stereocenters. The molecule has 448 valence electrons. The Kier molecular flexibility index (Phi) is 20.8. The largest absolute Gasteiger partial charge is 0.394 e. The number of aliphatic hydroxyl groups is 21. The van der Waals surface area contributed by atoms with E-state index in [4.69, 9.17) is 66.3 Å². The van der Waals surface area contributed by atoms with Crippen molar-refractivity contribution in [2.24, 2.45) is 0 Å². The Balaban J connectivity index is 1.08. The fourth-order valence-corrected chi connectivity index (χ4v) is 10.4. The summed E-state index contributed by atoms with van der Waals surface area (Å²) in [5.74, 6) is 0. The van der Waals surface area contributed by atoms with Gasteiger partial charge in [0.15, 0.2) is 44.0 Å². The molecule has 0 aromatic carbocycles. The van der Waals surface area contributed by atoms with Gasteiger partial charge in [-0.05, 0) is 0 Å². The van der Waals surface area contributed by atoms with E-state index in [0.29, 0.717) is 0 Å². The molecule has 21 fully saturated rings. The fourth-order valence-electron chi connectivity index (χ4n) is 10.4. The van der Waals surface area contributed by atoms with Gasteiger partial charge in [-0.25, -0.2) is 0 Å². The number of hydrogen-bond acceptors (Lipinski definition) is 35. The third kappa shape index (κ3) is 12.1. The van der Waals surface area contributed by atoms with Crippen molar-refractivity contribution < 1.29 is 174 Å². The standard InChI is InChI=1S/C42H70O35/c43-1-8-29-15(50)22(57)36(64-8)72-30-9(2-44)66-38(24(59)17(30)52)74-32-11(4-46)68-40(26(61)19(32)54)76-34-13(6-48)70-42(28(63)21(34)56)77-35-14(7-49)69-41(27(62)20(35)55)75-33-12(5-47)67-39(25(60)18(33)53)73-31-10(3-45)65-37(71-29)23(58)16(31)51/h8-63H,1-7H2/t8-,9-,10-,11-,12-,13-,14-,15-,16-,17-,18-,19-,20-,21-,22-,23-,24-,25-,26-,27-,28?,29-,30?,31-,32-,33-,34-,35-,36?,37?,38?,39?,40?,41?,42?/m1/s1. The van der Waals surface area contributed by atoms with Crippen LogP contribution in [0.25, 0.3) is 0 Å². The Morgan fingerprint density at radius 3 is 0.351 bits per heavy atom. The van der Waals surface area contributed by atoms with Crippen LogP contribution < -0.4 is 0 Å². The molecule has 0 radical (unpaired) electrons. The topological polar surface area (TPSA) is 554 Å². The monoisotopic (exact) mass is 1130 g/mol. The molecule has 21 aliphatic heterocycles. The zero-order valence-corrected chi connectivity index (χ0v) is 40.3. The first-order valence-electron chi connectivity index (χ1n) is 24.6. The van der Waals surface area contributed by atoms with Gasteiger partial charge < -0.3 is 174 Å². The number of rotatable bonds is 7. The Morgan fingerprint density at radius 2 is 0.260 bits per heavy atom. The van der Waals surface area contributed by atoms with Gasteiger partial charge in [0.1, 0.15) is 171 Å². The van der Waals surface area contributed by atoms with Gasteiger partial charge in [-0.3, -0.25) is 0 Å². The normalized spacial score (nSPS) is 55.4. The van der Waals surface area contributed by atoms with Crippen LogP contribution in [0.2, 0.25) is 0 Å². The predicted octanol–water partition coefficient (Wildman–Crippen LogP) is -15.2. The van der Waals surface area contributed by atoms with Gasteiger partial charge in [0.2, 0.25) is 0 Å². The van der Waals surface area contributed by atoms with E-state index in [-0.39, 0.29) is 0 Å². The molecule has 35 nitrogen and oxygen atoms in total. The minimum absolute atomic E-state index is 1.05. The molecule has 0 aliphatic carbocycles. The van der Waals surface area contributed by atoms with E-state index < -0.39 is 261 Å². The van der Waals surface area contributed by atoms with Crippen LogP contribution in [0.15, 0.2) is 0 Å². The van der Waals surface area contributed by atoms with Crippen molar-refractivity contribution in [3.05, 3.63) is 0 Å². The molecule has 0 aromatic heterocycles. The Bertz CT molecular complexity index is 1470. The third-order valence-electron chi connectivity index (χ3n) is 14.8. The minimum Gasteiger partial charge on any atom is -0.394 e. The summed E-state index contributed by atoms with van der Waals surface area (Å²) in [4.78, 5) is 0. The maximum Gasteiger partial charge on any atom is 0.187 e. The summed E-state index contributed by atoms with van der Waals surface area (Å²) >= 11 is 0. The molecule has 35 atom stereocenters. The highest BCUT2D eigenvalue weighted by Gasteiger charge is 2.59. The first-order chi connectivity index (χ1) is 36.7. The van der Waals surface area contributed by atoms with Gasteiger partial charge in [-0.2, -0.15) is 0 Å². The highest BCUT2D eigenvalue weighted by Crippen LogP contribution is 2.39. The van der Waals surface area contributed by atoms with Crippen LogP contribution in [0.5, 0.6) is 0 Å². The van der Waals surface area contributed by atoms with E-state index in [2.05, 4.69) is 0 Å². The van der Waals surface area contributed by atoms with Crippen molar-refractivity contribution in [2.75, 3.05) is 46.2 Å². The molecule has 0 amide bonds. The number of aliphatic hydroxyl groups excluding tert-OH is 21. The summed E-state index contributed by atoms with van der Waals surface area (Å²) in [7, 11) is 0. The van der Waals surface area contributed by atoms with Crippen LogP contribution in [-0.4, -0.2) is 368 Å². The van der Waals surface area contributed by atoms with Crippen LogP contribution in [0, 0.1) is 0 Å². The second-order valence-corrected chi connectivity index (χ2v) is 19.7. The van der Waals surface area contributed by atoms with Crippen molar-refractivity contribution in [3.63, 3.8) is 0 Å². The first kappa shape index (κ1) is 61.7. The quantitative estimate of drug-likeness (QED) is 0.113. The van der Waals surface area contributed by atoms with Gasteiger partial charge >= 0.3 is 0 Å². The lowest BCUT2D eigenvalue weighted by molar-refractivity contribution is -0.396. The minimum atomic E-state index is -2.21. The Labute approximate surface area is 434 Å². The summed E-state index contributed by atoms with van der Waals surface area (Å²) in [6, 6.07) is 0. The smallest absolute Gasteiger partial charge is 0.187 e. The van der Waals surface area contributed by atoms with Crippen LogP contribution in [0.4, 0.5) is 0 Å². The van der Waals surface area contributed by atoms with E-state index in [1.165, 1.54) is 0 Å². The van der Waals surface area contributed by atoms with Crippen LogP contribution >= 0.6 is 0 Å². The van der Waals surface area contributed by atoms with Gasteiger partial charge in [0, 0.05) is 0 Å². The second-order valence-electron chi connectivity index (χ2n) is 19.7. The number of ether oxygens (including phenoxy) is 14. The highest BCUT2D eigenvalue weighted by molar-refractivity contribution is 5.01. The lowest BCUT2D eigenvalue weighted by Crippen LogP contribution is -2.68. The summed E-state index contributed by atoms with van der Waals surface area (Å²) in [5.41, 5.74) is 0. The van der Waals surface area contributed by atoms with Gasteiger partial charge in [-0.15, -0.1) is 0 Å². The van der Waals surface area contributed by atoms with E-state index >= 15 is 0 Å². The molecule has 77 heavy (non-hydrogen) atoms. The van der Waals surface area contributed by atoms with Crippen LogP contribution in [-0.2, 0) is 66.3 Å². The lowest BCUT2D eigenvalue weighted by Gasteiger charge is -2.50. The maximum atomic E-state index is 11.3. The molecule has 21 rings (SSSR count).